The van der Waals surface area contributed by atoms with Crippen molar-refractivity contribution < 1.29 is 4.79 Å². The monoisotopic (exact) mass is 266 g/mol. The molecule has 3 rings (SSSR count). The average molecular weight is 266 g/mol. The number of amides is 1. The zero-order chi connectivity index (χ0) is 14.1. The smallest absolute Gasteiger partial charge is 0.258 e. The van der Waals surface area contributed by atoms with Crippen molar-refractivity contribution in [1.82, 2.24) is 0 Å². The van der Waals surface area contributed by atoms with Crippen molar-refractivity contribution in [2.24, 2.45) is 0 Å². The SMILES string of the molecule is CN(C)c1cccc(C(=O)N2CCc3ccccc32)c1. The first-order valence-corrected chi connectivity index (χ1v) is 6.84. The molecule has 20 heavy (non-hydrogen) atoms. The number of hydrogen-bond donors (Lipinski definition) is 0. The van der Waals surface area contributed by atoms with Crippen LogP contribution in [0.2, 0.25) is 0 Å². The van der Waals surface area contributed by atoms with Crippen LogP contribution in [-0.2, 0) is 6.42 Å². The molecule has 0 saturated carbocycles. The van der Waals surface area contributed by atoms with Gasteiger partial charge in [-0.1, -0.05) is 24.3 Å². The first-order valence-electron chi connectivity index (χ1n) is 6.84. The molecule has 0 atom stereocenters. The van der Waals surface area contributed by atoms with Crippen LogP contribution in [0.4, 0.5) is 11.4 Å². The quantitative estimate of drug-likeness (QED) is 0.834. The molecule has 0 radical (unpaired) electrons. The number of rotatable bonds is 2. The van der Waals surface area contributed by atoms with Gasteiger partial charge in [0, 0.05) is 37.6 Å². The molecule has 0 fully saturated rings. The summed E-state index contributed by atoms with van der Waals surface area (Å²) in [6, 6.07) is 15.9. The van der Waals surface area contributed by atoms with Crippen molar-refractivity contribution in [3.8, 4) is 0 Å². The molecule has 1 aliphatic rings. The fourth-order valence-corrected chi connectivity index (χ4v) is 2.62. The van der Waals surface area contributed by atoms with E-state index in [0.29, 0.717) is 0 Å². The van der Waals surface area contributed by atoms with E-state index in [2.05, 4.69) is 6.07 Å². The van der Waals surface area contributed by atoms with E-state index in [1.165, 1.54) is 5.56 Å². The second-order valence-corrected chi connectivity index (χ2v) is 5.28. The van der Waals surface area contributed by atoms with Crippen LogP contribution in [0.5, 0.6) is 0 Å². The fourth-order valence-electron chi connectivity index (χ4n) is 2.62. The summed E-state index contributed by atoms with van der Waals surface area (Å²) in [7, 11) is 3.96. The van der Waals surface area contributed by atoms with Gasteiger partial charge in [0.2, 0.25) is 0 Å². The highest BCUT2D eigenvalue weighted by atomic mass is 16.2. The molecule has 0 bridgehead atoms. The van der Waals surface area contributed by atoms with Crippen LogP contribution < -0.4 is 9.80 Å². The van der Waals surface area contributed by atoms with Crippen LogP contribution in [0.1, 0.15) is 15.9 Å². The Labute approximate surface area is 119 Å². The second kappa shape index (κ2) is 5.00. The number of carbonyl (C=O) groups excluding carboxylic acids is 1. The Balaban J connectivity index is 1.93. The summed E-state index contributed by atoms with van der Waals surface area (Å²) < 4.78 is 0. The van der Waals surface area contributed by atoms with Gasteiger partial charge in [0.15, 0.2) is 0 Å². The number of fused-ring (bicyclic) bond motifs is 1. The predicted octanol–water partition coefficient (Wildman–Crippen LogP) is 2.96. The van der Waals surface area contributed by atoms with Gasteiger partial charge in [-0.05, 0) is 36.2 Å². The lowest BCUT2D eigenvalue weighted by Crippen LogP contribution is -2.29. The lowest BCUT2D eigenvalue weighted by molar-refractivity contribution is 0.0989. The molecule has 102 valence electrons. The lowest BCUT2D eigenvalue weighted by atomic mass is 10.1. The molecule has 0 aromatic heterocycles. The molecule has 1 amide bonds. The van der Waals surface area contributed by atoms with Crippen LogP contribution in [0.15, 0.2) is 48.5 Å². The molecule has 3 nitrogen and oxygen atoms in total. The minimum absolute atomic E-state index is 0.0821. The topological polar surface area (TPSA) is 23.6 Å². The molecule has 0 saturated heterocycles. The number of carbonyl (C=O) groups is 1. The van der Waals surface area contributed by atoms with E-state index < -0.39 is 0 Å². The zero-order valence-electron chi connectivity index (χ0n) is 11.8. The molecule has 0 N–H and O–H groups in total. The Bertz CT molecular complexity index is 649. The van der Waals surface area contributed by atoms with E-state index in [4.69, 9.17) is 0 Å². The Hall–Kier alpha value is -2.29. The molecule has 0 spiro atoms. The average Bonchev–Trinajstić information content (AvgIpc) is 2.90. The third kappa shape index (κ3) is 2.16. The maximum Gasteiger partial charge on any atom is 0.258 e. The highest BCUT2D eigenvalue weighted by Gasteiger charge is 2.25. The van der Waals surface area contributed by atoms with Gasteiger partial charge in [-0.25, -0.2) is 0 Å². The predicted molar refractivity (Wildman–Crippen MR) is 82.6 cm³/mol. The van der Waals surface area contributed by atoms with Crippen molar-refractivity contribution in [2.75, 3.05) is 30.4 Å². The molecular formula is C17H18N2O. The second-order valence-electron chi connectivity index (χ2n) is 5.28. The molecular weight excluding hydrogens is 248 g/mol. The Morgan fingerprint density at radius 2 is 1.90 bits per heavy atom. The van der Waals surface area contributed by atoms with Gasteiger partial charge < -0.3 is 9.80 Å². The number of nitrogens with zero attached hydrogens (tertiary/aromatic N) is 2. The van der Waals surface area contributed by atoms with Gasteiger partial charge in [0.1, 0.15) is 0 Å². The molecule has 1 aliphatic heterocycles. The van der Waals surface area contributed by atoms with Gasteiger partial charge in [-0.15, -0.1) is 0 Å². The van der Waals surface area contributed by atoms with E-state index in [1.807, 2.05) is 66.4 Å². The van der Waals surface area contributed by atoms with Crippen LogP contribution in [0.3, 0.4) is 0 Å². The molecule has 0 aliphatic carbocycles. The Kier molecular flexibility index (Phi) is 3.18. The summed E-state index contributed by atoms with van der Waals surface area (Å²) in [6.07, 6.45) is 0.940. The maximum absolute atomic E-state index is 12.7. The van der Waals surface area contributed by atoms with Gasteiger partial charge in [0.25, 0.3) is 5.91 Å². The summed E-state index contributed by atoms with van der Waals surface area (Å²) in [6.45, 7) is 0.768. The zero-order valence-corrected chi connectivity index (χ0v) is 11.8. The van der Waals surface area contributed by atoms with Crippen LogP contribution in [0.25, 0.3) is 0 Å². The van der Waals surface area contributed by atoms with Gasteiger partial charge in [-0.2, -0.15) is 0 Å². The van der Waals surface area contributed by atoms with E-state index in [0.717, 1.165) is 29.9 Å². The number of benzene rings is 2. The first-order chi connectivity index (χ1) is 9.66. The van der Waals surface area contributed by atoms with Crippen molar-refractivity contribution in [3.05, 3.63) is 59.7 Å². The highest BCUT2D eigenvalue weighted by molar-refractivity contribution is 6.07. The van der Waals surface area contributed by atoms with Crippen molar-refractivity contribution in [2.45, 2.75) is 6.42 Å². The van der Waals surface area contributed by atoms with Crippen LogP contribution in [-0.4, -0.2) is 26.5 Å². The lowest BCUT2D eigenvalue weighted by Gasteiger charge is -2.19. The van der Waals surface area contributed by atoms with Crippen LogP contribution in [0, 0.1) is 0 Å². The number of para-hydroxylation sites is 1. The summed E-state index contributed by atoms with van der Waals surface area (Å²) in [4.78, 5) is 16.6. The summed E-state index contributed by atoms with van der Waals surface area (Å²) in [5, 5.41) is 0. The van der Waals surface area contributed by atoms with Crippen molar-refractivity contribution in [3.63, 3.8) is 0 Å². The minimum atomic E-state index is 0.0821. The normalized spacial score (nSPS) is 13.2. The maximum atomic E-state index is 12.7. The van der Waals surface area contributed by atoms with E-state index in [-0.39, 0.29) is 5.91 Å². The summed E-state index contributed by atoms with van der Waals surface area (Å²) in [5.41, 5.74) is 4.09. The molecule has 1 heterocycles. The number of hydrogen-bond acceptors (Lipinski definition) is 2. The fraction of sp³-hybridized carbons (Fsp3) is 0.235. The molecule has 2 aromatic carbocycles. The van der Waals surface area contributed by atoms with Gasteiger partial charge in [0.05, 0.1) is 0 Å². The van der Waals surface area contributed by atoms with Crippen LogP contribution >= 0.6 is 0 Å². The molecule has 2 aromatic rings. The standard InChI is InChI=1S/C17H18N2O/c1-18(2)15-8-5-7-14(12-15)17(20)19-11-10-13-6-3-4-9-16(13)19/h3-9,12H,10-11H2,1-2H3. The number of anilines is 2. The van der Waals surface area contributed by atoms with E-state index in [1.54, 1.807) is 0 Å². The third-order valence-corrected chi connectivity index (χ3v) is 3.74. The van der Waals surface area contributed by atoms with Crippen molar-refractivity contribution >= 4 is 17.3 Å². The molecule has 3 heteroatoms. The minimum Gasteiger partial charge on any atom is -0.378 e. The summed E-state index contributed by atoms with van der Waals surface area (Å²) >= 11 is 0. The van der Waals surface area contributed by atoms with Gasteiger partial charge >= 0.3 is 0 Å². The third-order valence-electron chi connectivity index (χ3n) is 3.74. The van der Waals surface area contributed by atoms with Crippen molar-refractivity contribution in [1.29, 1.82) is 0 Å². The van der Waals surface area contributed by atoms with E-state index >= 15 is 0 Å². The molecule has 0 unspecified atom stereocenters. The Morgan fingerprint density at radius 3 is 2.70 bits per heavy atom. The first kappa shape index (κ1) is 12.7. The highest BCUT2D eigenvalue weighted by Crippen LogP contribution is 2.29. The summed E-state index contributed by atoms with van der Waals surface area (Å²) in [5.74, 6) is 0.0821. The largest absolute Gasteiger partial charge is 0.378 e. The van der Waals surface area contributed by atoms with E-state index in [9.17, 15) is 4.79 Å². The van der Waals surface area contributed by atoms with Gasteiger partial charge in [-0.3, -0.25) is 4.79 Å². The Morgan fingerprint density at radius 1 is 1.10 bits per heavy atom.